The molecule has 1 spiro atoms. The van der Waals surface area contributed by atoms with Crippen LogP contribution in [0.1, 0.15) is 22.3 Å². The van der Waals surface area contributed by atoms with Crippen LogP contribution < -0.4 is 0 Å². The quantitative estimate of drug-likeness (QED) is 0.196. The molecule has 0 bridgehead atoms. The van der Waals surface area contributed by atoms with Crippen molar-refractivity contribution in [3.8, 4) is 33.4 Å². The van der Waals surface area contributed by atoms with Crippen molar-refractivity contribution in [2.75, 3.05) is 0 Å². The summed E-state index contributed by atoms with van der Waals surface area (Å²) in [4.78, 5) is 0. The minimum atomic E-state index is -0.387. The third-order valence-electron chi connectivity index (χ3n) is 10.3. The van der Waals surface area contributed by atoms with E-state index in [9.17, 15) is 0 Å². The number of furan rings is 2. The topological polar surface area (TPSA) is 26.3 Å². The van der Waals surface area contributed by atoms with E-state index in [1.165, 1.54) is 44.5 Å². The molecule has 0 aliphatic heterocycles. The molecule has 45 heavy (non-hydrogen) atoms. The summed E-state index contributed by atoms with van der Waals surface area (Å²) in [6.07, 6.45) is 0. The van der Waals surface area contributed by atoms with Crippen LogP contribution in [0.4, 0.5) is 0 Å². The van der Waals surface area contributed by atoms with E-state index in [4.69, 9.17) is 8.83 Å². The van der Waals surface area contributed by atoms with Gasteiger partial charge < -0.3 is 8.83 Å². The smallest absolute Gasteiger partial charge is 0.143 e. The van der Waals surface area contributed by atoms with Gasteiger partial charge in [-0.1, -0.05) is 115 Å². The lowest BCUT2D eigenvalue weighted by atomic mass is 9.70. The van der Waals surface area contributed by atoms with Crippen LogP contribution in [0.2, 0.25) is 0 Å². The summed E-state index contributed by atoms with van der Waals surface area (Å²) in [5.41, 5.74) is 15.9. The van der Waals surface area contributed by atoms with E-state index in [1.807, 2.05) is 12.1 Å². The fourth-order valence-electron chi connectivity index (χ4n) is 8.50. The molecule has 2 aromatic heterocycles. The molecule has 208 valence electrons. The number of benzene rings is 7. The maximum absolute atomic E-state index is 6.88. The maximum Gasteiger partial charge on any atom is 0.143 e. The van der Waals surface area contributed by atoms with Gasteiger partial charge in [0.05, 0.1) is 5.41 Å². The molecule has 11 rings (SSSR count). The highest BCUT2D eigenvalue weighted by atomic mass is 16.3. The average molecular weight is 573 g/mol. The highest BCUT2D eigenvalue weighted by molar-refractivity contribution is 6.13. The van der Waals surface area contributed by atoms with Crippen LogP contribution >= 0.6 is 0 Å². The van der Waals surface area contributed by atoms with E-state index in [2.05, 4.69) is 133 Å². The third kappa shape index (κ3) is 2.81. The lowest BCUT2D eigenvalue weighted by Crippen LogP contribution is -2.25. The van der Waals surface area contributed by atoms with Crippen molar-refractivity contribution in [1.82, 2.24) is 0 Å². The summed E-state index contributed by atoms with van der Waals surface area (Å²) >= 11 is 0. The van der Waals surface area contributed by atoms with Gasteiger partial charge in [-0.2, -0.15) is 0 Å². The van der Waals surface area contributed by atoms with Crippen molar-refractivity contribution in [3.63, 3.8) is 0 Å². The summed E-state index contributed by atoms with van der Waals surface area (Å²) in [6, 6.07) is 52.7. The van der Waals surface area contributed by atoms with E-state index in [1.54, 1.807) is 0 Å². The van der Waals surface area contributed by atoms with Crippen molar-refractivity contribution in [1.29, 1.82) is 0 Å². The zero-order chi connectivity index (χ0) is 29.3. The minimum absolute atomic E-state index is 0.387. The summed E-state index contributed by atoms with van der Waals surface area (Å²) in [5.74, 6) is 0. The number of hydrogen-bond donors (Lipinski definition) is 0. The van der Waals surface area contributed by atoms with Gasteiger partial charge in [0.2, 0.25) is 0 Å². The highest BCUT2D eigenvalue weighted by Gasteiger charge is 2.51. The molecule has 9 aromatic rings. The summed E-state index contributed by atoms with van der Waals surface area (Å²) < 4.78 is 13.1. The minimum Gasteiger partial charge on any atom is -0.456 e. The molecule has 0 saturated heterocycles. The Balaban J connectivity index is 1.20. The molecule has 2 aliphatic carbocycles. The maximum atomic E-state index is 6.88. The number of rotatable bonds is 1. The van der Waals surface area contributed by atoms with Gasteiger partial charge >= 0.3 is 0 Å². The van der Waals surface area contributed by atoms with Crippen LogP contribution in [0.5, 0.6) is 0 Å². The first-order valence-corrected chi connectivity index (χ1v) is 15.5. The zero-order valence-corrected chi connectivity index (χ0v) is 24.2. The Morgan fingerprint density at radius 3 is 1.67 bits per heavy atom. The molecule has 2 heterocycles. The Morgan fingerprint density at radius 2 is 0.911 bits per heavy atom. The zero-order valence-electron chi connectivity index (χ0n) is 24.2. The van der Waals surface area contributed by atoms with Gasteiger partial charge in [-0.05, 0) is 80.4 Å². The van der Waals surface area contributed by atoms with Gasteiger partial charge in [-0.15, -0.1) is 0 Å². The fourth-order valence-corrected chi connectivity index (χ4v) is 8.50. The Labute approximate surface area is 258 Å². The lowest BCUT2D eigenvalue weighted by molar-refractivity contribution is 0.667. The second-order valence-electron chi connectivity index (χ2n) is 12.4. The van der Waals surface area contributed by atoms with Gasteiger partial charge in [0.25, 0.3) is 0 Å². The number of fused-ring (bicyclic) bond motifs is 16. The molecule has 2 heteroatoms. The average Bonchev–Trinajstić information content (AvgIpc) is 3.82. The largest absolute Gasteiger partial charge is 0.456 e. The van der Waals surface area contributed by atoms with Crippen molar-refractivity contribution in [2.24, 2.45) is 0 Å². The van der Waals surface area contributed by atoms with Crippen LogP contribution in [-0.2, 0) is 5.41 Å². The van der Waals surface area contributed by atoms with Gasteiger partial charge in [-0.25, -0.2) is 0 Å². The predicted octanol–water partition coefficient (Wildman–Crippen LogP) is 11.5. The van der Waals surface area contributed by atoms with Crippen LogP contribution in [0, 0.1) is 0 Å². The van der Waals surface area contributed by atoms with E-state index < -0.39 is 0 Å². The van der Waals surface area contributed by atoms with E-state index in [0.717, 1.165) is 55.0 Å². The first-order valence-electron chi connectivity index (χ1n) is 15.5. The summed E-state index contributed by atoms with van der Waals surface area (Å²) in [7, 11) is 0. The molecular weight excluding hydrogens is 548 g/mol. The molecule has 7 aromatic carbocycles. The van der Waals surface area contributed by atoms with Crippen LogP contribution in [0.25, 0.3) is 77.3 Å². The monoisotopic (exact) mass is 572 g/mol. The first-order chi connectivity index (χ1) is 22.3. The van der Waals surface area contributed by atoms with Gasteiger partial charge in [-0.3, -0.25) is 0 Å². The van der Waals surface area contributed by atoms with Crippen LogP contribution in [0.3, 0.4) is 0 Å². The molecule has 2 aliphatic rings. The Kier molecular flexibility index (Phi) is 4.29. The molecule has 0 unspecified atom stereocenters. The Morgan fingerprint density at radius 1 is 0.333 bits per heavy atom. The standard InChI is InChI=1S/C43H24O2/c1-5-16-35-27(10-1)28-11-2-6-17-36(28)43(35)37-18-7-3-12-29(37)33-23-34-32-15-9-14-26(42(32)45-41(34)24-38(33)43)25-20-21-31-30-13-4-8-19-39(30)44-40(31)22-25/h1-24H. The van der Waals surface area contributed by atoms with E-state index in [-0.39, 0.29) is 5.41 Å². The first kappa shape index (κ1) is 23.6. The normalized spacial score (nSPS) is 14.0. The second kappa shape index (κ2) is 8.19. The number of para-hydroxylation sites is 2. The SMILES string of the molecule is c1ccc2c(c1)-c1ccccc1C21c2ccccc2-c2cc3c(cc21)oc1c(-c2ccc4c(c2)oc2ccccc24)cccc13. The van der Waals surface area contributed by atoms with Gasteiger partial charge in [0.15, 0.2) is 0 Å². The van der Waals surface area contributed by atoms with E-state index >= 15 is 0 Å². The predicted molar refractivity (Wildman–Crippen MR) is 183 cm³/mol. The van der Waals surface area contributed by atoms with Crippen LogP contribution in [0.15, 0.2) is 154 Å². The Hall–Kier alpha value is -5.86. The fraction of sp³-hybridized carbons (Fsp3) is 0.0233. The van der Waals surface area contributed by atoms with Gasteiger partial charge in [0, 0.05) is 27.1 Å². The third-order valence-corrected chi connectivity index (χ3v) is 10.3. The van der Waals surface area contributed by atoms with E-state index in [0.29, 0.717) is 0 Å². The molecule has 2 nitrogen and oxygen atoms in total. The van der Waals surface area contributed by atoms with Crippen molar-refractivity contribution < 1.29 is 8.83 Å². The molecule has 0 N–H and O–H groups in total. The Bertz CT molecular complexity index is 2670. The summed E-state index contributed by atoms with van der Waals surface area (Å²) in [5, 5.41) is 4.53. The molecule has 0 saturated carbocycles. The second-order valence-corrected chi connectivity index (χ2v) is 12.4. The van der Waals surface area contributed by atoms with Crippen molar-refractivity contribution in [3.05, 3.63) is 168 Å². The molecule has 0 radical (unpaired) electrons. The van der Waals surface area contributed by atoms with Crippen LogP contribution in [-0.4, -0.2) is 0 Å². The molecule has 0 fully saturated rings. The molecular formula is C43H24O2. The lowest BCUT2D eigenvalue weighted by Gasteiger charge is -2.30. The molecule has 0 amide bonds. The van der Waals surface area contributed by atoms with Crippen molar-refractivity contribution in [2.45, 2.75) is 5.41 Å². The summed E-state index contributed by atoms with van der Waals surface area (Å²) in [6.45, 7) is 0. The molecule has 0 atom stereocenters. The highest BCUT2D eigenvalue weighted by Crippen LogP contribution is 2.63. The van der Waals surface area contributed by atoms with Gasteiger partial charge in [0.1, 0.15) is 22.3 Å². The number of hydrogen-bond acceptors (Lipinski definition) is 2. The van der Waals surface area contributed by atoms with Crippen molar-refractivity contribution >= 4 is 43.9 Å².